The van der Waals surface area contributed by atoms with Crippen molar-refractivity contribution in [3.63, 3.8) is 0 Å². The summed E-state index contributed by atoms with van der Waals surface area (Å²) in [6.07, 6.45) is -0.765. The molecule has 0 aromatic heterocycles. The van der Waals surface area contributed by atoms with Crippen molar-refractivity contribution in [1.82, 2.24) is 0 Å². The topological polar surface area (TPSA) is 46.2 Å². The summed E-state index contributed by atoms with van der Waals surface area (Å²) in [5, 5.41) is 11.0. The van der Waals surface area contributed by atoms with Crippen molar-refractivity contribution in [1.29, 1.82) is 0 Å². The number of aliphatic hydroxyl groups excluding tert-OH is 1. The van der Waals surface area contributed by atoms with Crippen LogP contribution in [0.1, 0.15) is 48.6 Å². The van der Waals surface area contributed by atoms with Crippen LogP contribution in [0.25, 0.3) is 0 Å². The Labute approximate surface area is 125 Å². The van der Waals surface area contributed by atoms with Crippen molar-refractivity contribution in [2.24, 2.45) is 5.73 Å². The number of rotatable bonds is 4. The molecule has 0 heterocycles. The molecule has 2 atom stereocenters. The molecular weight excluding hydrogens is 270 g/mol. The Morgan fingerprint density at radius 2 is 1.55 bits per heavy atom. The molecule has 2 rings (SSSR count). The largest absolute Gasteiger partial charge is 0.386 e. The monoisotopic (exact) mass is 289 g/mol. The predicted molar refractivity (Wildman–Crippen MR) is 83.9 cm³/mol. The zero-order valence-corrected chi connectivity index (χ0v) is 12.5. The standard InChI is InChI=1S/C17H20ClNO/c1-11(2)12-6-8-13(9-7-12)16(19)17(20)14-4-3-5-15(18)10-14/h3-11,16-17,20H,19H2,1-2H3/t16-,17?/m1/s1. The maximum Gasteiger partial charge on any atom is 0.0983 e. The first-order chi connectivity index (χ1) is 9.49. The number of halogens is 1. The first-order valence-corrected chi connectivity index (χ1v) is 7.16. The van der Waals surface area contributed by atoms with Crippen molar-refractivity contribution in [2.75, 3.05) is 0 Å². The summed E-state index contributed by atoms with van der Waals surface area (Å²) in [5.74, 6) is 0.484. The molecule has 0 radical (unpaired) electrons. The van der Waals surface area contributed by atoms with Gasteiger partial charge in [-0.1, -0.05) is 61.8 Å². The summed E-state index contributed by atoms with van der Waals surface area (Å²) in [7, 11) is 0. The first-order valence-electron chi connectivity index (χ1n) is 6.78. The molecule has 0 bridgehead atoms. The minimum atomic E-state index is -0.765. The van der Waals surface area contributed by atoms with Crippen molar-refractivity contribution >= 4 is 11.6 Å². The van der Waals surface area contributed by atoms with Gasteiger partial charge in [0.15, 0.2) is 0 Å². The van der Waals surface area contributed by atoms with Gasteiger partial charge in [0.1, 0.15) is 0 Å². The van der Waals surface area contributed by atoms with Gasteiger partial charge in [-0.15, -0.1) is 0 Å². The summed E-state index contributed by atoms with van der Waals surface area (Å²) >= 11 is 5.94. The van der Waals surface area contributed by atoms with Gasteiger partial charge in [0.2, 0.25) is 0 Å². The normalized spacial score (nSPS) is 14.3. The van der Waals surface area contributed by atoms with Gasteiger partial charge in [-0.3, -0.25) is 0 Å². The fourth-order valence-corrected chi connectivity index (χ4v) is 2.38. The second-order valence-corrected chi connectivity index (χ2v) is 5.78. The van der Waals surface area contributed by atoms with Gasteiger partial charge in [0.05, 0.1) is 12.1 Å². The van der Waals surface area contributed by atoms with Gasteiger partial charge in [0, 0.05) is 5.02 Å². The van der Waals surface area contributed by atoms with E-state index in [0.29, 0.717) is 10.9 Å². The third-order valence-corrected chi connectivity index (χ3v) is 3.75. The average Bonchev–Trinajstić information content (AvgIpc) is 2.46. The molecule has 0 spiro atoms. The lowest BCUT2D eigenvalue weighted by Crippen LogP contribution is -2.19. The third kappa shape index (κ3) is 3.40. The Morgan fingerprint density at radius 1 is 0.950 bits per heavy atom. The van der Waals surface area contributed by atoms with Crippen LogP contribution in [0.5, 0.6) is 0 Å². The smallest absolute Gasteiger partial charge is 0.0983 e. The lowest BCUT2D eigenvalue weighted by atomic mass is 9.94. The van der Waals surface area contributed by atoms with E-state index in [9.17, 15) is 5.11 Å². The summed E-state index contributed by atoms with van der Waals surface area (Å²) in [4.78, 5) is 0. The van der Waals surface area contributed by atoms with Crippen LogP contribution in [0.4, 0.5) is 0 Å². The van der Waals surface area contributed by atoms with Crippen molar-refractivity contribution in [3.8, 4) is 0 Å². The highest BCUT2D eigenvalue weighted by Gasteiger charge is 2.19. The number of hydrogen-bond donors (Lipinski definition) is 2. The van der Waals surface area contributed by atoms with Crippen molar-refractivity contribution in [3.05, 3.63) is 70.2 Å². The maximum absolute atomic E-state index is 10.4. The van der Waals surface area contributed by atoms with E-state index >= 15 is 0 Å². The van der Waals surface area contributed by atoms with Crippen LogP contribution in [0.2, 0.25) is 5.02 Å². The summed E-state index contributed by atoms with van der Waals surface area (Å²) in [6.45, 7) is 4.30. The Hall–Kier alpha value is -1.35. The van der Waals surface area contributed by atoms with E-state index in [4.69, 9.17) is 17.3 Å². The van der Waals surface area contributed by atoms with E-state index < -0.39 is 12.1 Å². The minimum Gasteiger partial charge on any atom is -0.386 e. The SMILES string of the molecule is CC(C)c1ccc([C@@H](N)C(O)c2cccc(Cl)c2)cc1. The number of aliphatic hydroxyl groups is 1. The van der Waals surface area contributed by atoms with E-state index in [1.807, 2.05) is 24.3 Å². The molecule has 0 amide bonds. The van der Waals surface area contributed by atoms with Crippen LogP contribution >= 0.6 is 11.6 Å². The fourth-order valence-electron chi connectivity index (χ4n) is 2.18. The molecule has 0 fully saturated rings. The second-order valence-electron chi connectivity index (χ2n) is 5.35. The molecule has 1 unspecified atom stereocenters. The lowest BCUT2D eigenvalue weighted by molar-refractivity contribution is 0.147. The molecule has 0 saturated carbocycles. The number of hydrogen-bond acceptors (Lipinski definition) is 2. The summed E-state index contributed by atoms with van der Waals surface area (Å²) < 4.78 is 0. The van der Waals surface area contributed by atoms with Crippen LogP contribution in [-0.4, -0.2) is 5.11 Å². The minimum absolute atomic E-state index is 0.463. The lowest BCUT2D eigenvalue weighted by Gasteiger charge is -2.20. The van der Waals surface area contributed by atoms with Crippen LogP contribution in [0, 0.1) is 0 Å². The predicted octanol–water partition coefficient (Wildman–Crippen LogP) is 4.20. The fraction of sp³-hybridized carbons (Fsp3) is 0.294. The molecule has 0 saturated heterocycles. The molecular formula is C17H20ClNO. The molecule has 0 aliphatic carbocycles. The second kappa shape index (κ2) is 6.40. The quantitative estimate of drug-likeness (QED) is 0.886. The summed E-state index contributed by atoms with van der Waals surface area (Å²) in [6, 6.07) is 14.8. The van der Waals surface area contributed by atoms with Crippen molar-refractivity contribution < 1.29 is 5.11 Å². The zero-order chi connectivity index (χ0) is 14.7. The van der Waals surface area contributed by atoms with Crippen molar-refractivity contribution in [2.45, 2.75) is 31.9 Å². The van der Waals surface area contributed by atoms with Gasteiger partial charge < -0.3 is 10.8 Å². The molecule has 2 aromatic rings. The highest BCUT2D eigenvalue weighted by atomic mass is 35.5. The molecule has 2 nitrogen and oxygen atoms in total. The van der Waals surface area contributed by atoms with Gasteiger partial charge in [-0.2, -0.15) is 0 Å². The molecule has 3 heteroatoms. The van der Waals surface area contributed by atoms with Gasteiger partial charge in [0.25, 0.3) is 0 Å². The maximum atomic E-state index is 10.4. The molecule has 3 N–H and O–H groups in total. The van der Waals surface area contributed by atoms with E-state index in [-0.39, 0.29) is 0 Å². The third-order valence-electron chi connectivity index (χ3n) is 3.52. The summed E-state index contributed by atoms with van der Waals surface area (Å²) in [5.41, 5.74) is 9.07. The van der Waals surface area contributed by atoms with E-state index in [0.717, 1.165) is 11.1 Å². The Balaban J connectivity index is 2.20. The average molecular weight is 290 g/mol. The molecule has 2 aromatic carbocycles. The molecule has 20 heavy (non-hydrogen) atoms. The van der Waals surface area contributed by atoms with E-state index in [2.05, 4.69) is 26.0 Å². The van der Waals surface area contributed by atoms with Crippen LogP contribution in [0.3, 0.4) is 0 Å². The Morgan fingerprint density at radius 3 is 2.10 bits per heavy atom. The van der Waals surface area contributed by atoms with E-state index in [1.54, 1.807) is 12.1 Å². The zero-order valence-electron chi connectivity index (χ0n) is 11.8. The number of benzene rings is 2. The number of nitrogens with two attached hydrogens (primary N) is 1. The molecule has 0 aliphatic rings. The highest BCUT2D eigenvalue weighted by molar-refractivity contribution is 6.30. The van der Waals surface area contributed by atoms with Gasteiger partial charge in [-0.25, -0.2) is 0 Å². The van der Waals surface area contributed by atoms with Gasteiger partial charge >= 0.3 is 0 Å². The first kappa shape index (κ1) is 15.0. The van der Waals surface area contributed by atoms with Crippen LogP contribution < -0.4 is 5.73 Å². The van der Waals surface area contributed by atoms with Gasteiger partial charge in [-0.05, 0) is 34.7 Å². The molecule has 106 valence electrons. The van der Waals surface area contributed by atoms with Crippen LogP contribution in [-0.2, 0) is 0 Å². The molecule has 0 aliphatic heterocycles. The highest BCUT2D eigenvalue weighted by Crippen LogP contribution is 2.29. The Bertz CT molecular complexity index is 565. The van der Waals surface area contributed by atoms with E-state index in [1.165, 1.54) is 5.56 Å². The Kier molecular flexibility index (Phi) is 4.81. The van der Waals surface area contributed by atoms with Crippen LogP contribution in [0.15, 0.2) is 48.5 Å².